The van der Waals surface area contributed by atoms with Gasteiger partial charge in [0, 0.05) is 0 Å². The molecule has 0 spiro atoms. The largest absolute Gasteiger partial charge is 0.480 e. The molecule has 20 heavy (non-hydrogen) atoms. The van der Waals surface area contributed by atoms with E-state index in [1.807, 2.05) is 6.07 Å². The van der Waals surface area contributed by atoms with Gasteiger partial charge < -0.3 is 5.11 Å². The lowest BCUT2D eigenvalue weighted by Crippen LogP contribution is -2.49. The normalized spacial score (nSPS) is 15.7. The summed E-state index contributed by atoms with van der Waals surface area (Å²) in [4.78, 5) is 11.2. The molecule has 0 aliphatic heterocycles. The number of sulfonamides is 1. The third-order valence-electron chi connectivity index (χ3n) is 3.55. The monoisotopic (exact) mass is 297 g/mol. The van der Waals surface area contributed by atoms with Crippen LogP contribution in [0.25, 0.3) is 0 Å². The van der Waals surface area contributed by atoms with Crippen LogP contribution in [0.2, 0.25) is 0 Å². The number of hydrogen-bond donors (Lipinski definition) is 2. The molecule has 0 aromatic heterocycles. The van der Waals surface area contributed by atoms with Crippen molar-refractivity contribution in [3.63, 3.8) is 0 Å². The van der Waals surface area contributed by atoms with E-state index in [1.54, 1.807) is 12.1 Å². The molecule has 0 fully saturated rings. The second kappa shape index (κ2) is 5.18. The molecule has 110 valence electrons. The van der Waals surface area contributed by atoms with Crippen molar-refractivity contribution in [1.82, 2.24) is 4.72 Å². The fourth-order valence-electron chi connectivity index (χ4n) is 2.32. The van der Waals surface area contributed by atoms with Gasteiger partial charge in [0.1, 0.15) is 5.54 Å². The summed E-state index contributed by atoms with van der Waals surface area (Å²) in [6.07, 6.45) is 4.04. The predicted molar refractivity (Wildman–Crippen MR) is 75.1 cm³/mol. The Morgan fingerprint density at radius 3 is 2.40 bits per heavy atom. The fourth-order valence-corrected chi connectivity index (χ4v) is 3.74. The van der Waals surface area contributed by atoms with Crippen molar-refractivity contribution in [2.45, 2.75) is 50.0 Å². The van der Waals surface area contributed by atoms with E-state index in [2.05, 4.69) is 4.72 Å². The van der Waals surface area contributed by atoms with Crippen LogP contribution in [-0.2, 0) is 27.7 Å². The van der Waals surface area contributed by atoms with Gasteiger partial charge in [-0.25, -0.2) is 8.42 Å². The van der Waals surface area contributed by atoms with Crippen LogP contribution < -0.4 is 4.72 Å². The van der Waals surface area contributed by atoms with Gasteiger partial charge in [-0.3, -0.25) is 4.79 Å². The third-order valence-corrected chi connectivity index (χ3v) is 5.21. The lowest BCUT2D eigenvalue weighted by atomic mass is 9.92. The highest BCUT2D eigenvalue weighted by atomic mass is 32.2. The molecule has 0 bridgehead atoms. The van der Waals surface area contributed by atoms with Crippen LogP contribution >= 0.6 is 0 Å². The van der Waals surface area contributed by atoms with Crippen molar-refractivity contribution in [3.8, 4) is 0 Å². The summed E-state index contributed by atoms with van der Waals surface area (Å²) in [5, 5.41) is 9.02. The number of aliphatic carboxylic acids is 1. The van der Waals surface area contributed by atoms with Gasteiger partial charge in [-0.15, -0.1) is 0 Å². The van der Waals surface area contributed by atoms with Crippen LogP contribution in [0.3, 0.4) is 0 Å². The van der Waals surface area contributed by atoms with E-state index in [4.69, 9.17) is 5.11 Å². The molecular weight excluding hydrogens is 278 g/mol. The van der Waals surface area contributed by atoms with Gasteiger partial charge in [0.05, 0.1) is 4.90 Å². The van der Waals surface area contributed by atoms with Crippen molar-refractivity contribution < 1.29 is 18.3 Å². The number of carboxylic acid groups (broad SMARTS) is 1. The summed E-state index contributed by atoms with van der Waals surface area (Å²) in [5.74, 6) is -1.21. The summed E-state index contributed by atoms with van der Waals surface area (Å²) in [5.41, 5.74) is 0.703. The number of nitrogens with one attached hydrogen (secondary N) is 1. The van der Waals surface area contributed by atoms with E-state index in [1.165, 1.54) is 19.4 Å². The third kappa shape index (κ3) is 3.02. The highest BCUT2D eigenvalue weighted by molar-refractivity contribution is 7.89. The van der Waals surface area contributed by atoms with Crippen LogP contribution in [-0.4, -0.2) is 25.0 Å². The van der Waals surface area contributed by atoms with Crippen molar-refractivity contribution in [2.75, 3.05) is 0 Å². The zero-order valence-corrected chi connectivity index (χ0v) is 12.5. The molecule has 0 saturated heterocycles. The minimum Gasteiger partial charge on any atom is -0.480 e. The first-order chi connectivity index (χ1) is 9.22. The fraction of sp³-hybridized carbons (Fsp3) is 0.500. The zero-order chi connectivity index (χ0) is 15.0. The average molecular weight is 297 g/mol. The Labute approximate surface area is 119 Å². The molecule has 1 aromatic carbocycles. The molecule has 1 aromatic rings. The lowest BCUT2D eigenvalue weighted by Gasteiger charge is -2.22. The highest BCUT2D eigenvalue weighted by Gasteiger charge is 2.33. The number of fused-ring (bicyclic) bond motifs is 1. The van der Waals surface area contributed by atoms with Crippen LogP contribution in [0, 0.1) is 0 Å². The highest BCUT2D eigenvalue weighted by Crippen LogP contribution is 2.24. The molecule has 0 amide bonds. The van der Waals surface area contributed by atoms with Crippen LogP contribution in [0.4, 0.5) is 0 Å². The van der Waals surface area contributed by atoms with E-state index < -0.39 is 21.5 Å². The number of benzene rings is 1. The molecule has 0 heterocycles. The molecule has 0 radical (unpaired) electrons. The Kier molecular flexibility index (Phi) is 3.88. The van der Waals surface area contributed by atoms with Crippen LogP contribution in [0.1, 0.15) is 37.8 Å². The van der Waals surface area contributed by atoms with Gasteiger partial charge >= 0.3 is 5.97 Å². The minimum atomic E-state index is -3.83. The molecule has 1 aliphatic rings. The number of aryl methyl sites for hydroxylation is 2. The van der Waals surface area contributed by atoms with Gasteiger partial charge in [0.15, 0.2) is 0 Å². The van der Waals surface area contributed by atoms with Gasteiger partial charge in [-0.1, -0.05) is 6.07 Å². The predicted octanol–water partition coefficient (Wildman–Crippen LogP) is 1.71. The number of hydrogen-bond acceptors (Lipinski definition) is 3. The Balaban J connectivity index is 2.33. The maximum atomic E-state index is 12.3. The first-order valence-electron chi connectivity index (χ1n) is 6.61. The van der Waals surface area contributed by atoms with Crippen LogP contribution in [0.15, 0.2) is 23.1 Å². The standard InChI is InChI=1S/C14H19NO4S/c1-14(2,13(16)17)15-20(18,19)12-8-7-10-5-3-4-6-11(10)9-12/h7-9,15H,3-6H2,1-2H3,(H,16,17). The van der Waals surface area contributed by atoms with Crippen molar-refractivity contribution in [2.24, 2.45) is 0 Å². The summed E-state index contributed by atoms with van der Waals surface area (Å²) in [6.45, 7) is 2.65. The maximum Gasteiger partial charge on any atom is 0.324 e. The Bertz CT molecular complexity index is 635. The summed E-state index contributed by atoms with van der Waals surface area (Å²) in [6, 6.07) is 5.04. The number of carbonyl (C=O) groups is 1. The summed E-state index contributed by atoms with van der Waals surface area (Å²) >= 11 is 0. The molecule has 2 N–H and O–H groups in total. The molecule has 2 rings (SSSR count). The van der Waals surface area contributed by atoms with E-state index in [0.29, 0.717) is 0 Å². The molecule has 0 unspecified atom stereocenters. The Morgan fingerprint density at radius 2 is 1.80 bits per heavy atom. The average Bonchev–Trinajstić information content (AvgIpc) is 2.36. The van der Waals surface area contributed by atoms with Gasteiger partial charge in [-0.05, 0) is 62.8 Å². The first kappa shape index (κ1) is 15.0. The van der Waals surface area contributed by atoms with Crippen molar-refractivity contribution in [3.05, 3.63) is 29.3 Å². The quantitative estimate of drug-likeness (QED) is 0.886. The maximum absolute atomic E-state index is 12.3. The van der Waals surface area contributed by atoms with Gasteiger partial charge in [0.25, 0.3) is 0 Å². The molecule has 5 nitrogen and oxygen atoms in total. The van der Waals surface area contributed by atoms with Gasteiger partial charge in [0.2, 0.25) is 10.0 Å². The smallest absolute Gasteiger partial charge is 0.324 e. The van der Waals surface area contributed by atoms with E-state index in [-0.39, 0.29) is 4.90 Å². The summed E-state index contributed by atoms with van der Waals surface area (Å²) in [7, 11) is -3.83. The number of rotatable bonds is 4. The molecule has 0 atom stereocenters. The number of carboxylic acids is 1. The lowest BCUT2D eigenvalue weighted by molar-refractivity contribution is -0.142. The SMILES string of the molecule is CC(C)(NS(=O)(=O)c1ccc2c(c1)CCCC2)C(=O)O. The molecule has 0 saturated carbocycles. The Morgan fingerprint density at radius 1 is 1.20 bits per heavy atom. The van der Waals surface area contributed by atoms with Crippen molar-refractivity contribution in [1.29, 1.82) is 0 Å². The molecule has 1 aliphatic carbocycles. The molecular formula is C14H19NO4S. The van der Waals surface area contributed by atoms with Gasteiger partial charge in [-0.2, -0.15) is 4.72 Å². The van der Waals surface area contributed by atoms with Crippen LogP contribution in [0.5, 0.6) is 0 Å². The van der Waals surface area contributed by atoms with E-state index >= 15 is 0 Å². The van der Waals surface area contributed by atoms with E-state index in [9.17, 15) is 13.2 Å². The minimum absolute atomic E-state index is 0.132. The molecule has 6 heteroatoms. The topological polar surface area (TPSA) is 83.5 Å². The van der Waals surface area contributed by atoms with E-state index in [0.717, 1.165) is 31.2 Å². The Hall–Kier alpha value is -1.40. The summed E-state index contributed by atoms with van der Waals surface area (Å²) < 4.78 is 26.8. The first-order valence-corrected chi connectivity index (χ1v) is 8.10. The van der Waals surface area contributed by atoms with Crippen molar-refractivity contribution >= 4 is 16.0 Å². The zero-order valence-electron chi connectivity index (χ0n) is 11.6. The second-order valence-electron chi connectivity index (χ2n) is 5.67. The second-order valence-corrected chi connectivity index (χ2v) is 7.36.